The predicted molar refractivity (Wildman–Crippen MR) is 121 cm³/mol. The van der Waals surface area contributed by atoms with Crippen molar-refractivity contribution in [3.05, 3.63) is 48.3 Å². The van der Waals surface area contributed by atoms with Crippen LogP contribution in [0.3, 0.4) is 0 Å². The van der Waals surface area contributed by atoms with Crippen LogP contribution in [-0.4, -0.2) is 48.2 Å². The monoisotopic (exact) mass is 444 g/mol. The average molecular weight is 445 g/mol. The zero-order valence-electron chi connectivity index (χ0n) is 18.7. The van der Waals surface area contributed by atoms with E-state index in [0.29, 0.717) is 24.8 Å². The fourth-order valence-electron chi connectivity index (χ4n) is 3.88. The van der Waals surface area contributed by atoms with Crippen LogP contribution in [0, 0.1) is 6.92 Å². The van der Waals surface area contributed by atoms with E-state index in [4.69, 9.17) is 0 Å². The maximum absolute atomic E-state index is 12.7. The number of benzene rings is 1. The molecule has 2 N–H and O–H groups in total. The topological polar surface area (TPSA) is 102 Å². The van der Waals surface area contributed by atoms with E-state index < -0.39 is 21.9 Å². The number of nitrogens with one attached hydrogen (secondary N) is 2. The normalized spacial score (nSPS) is 17.0. The number of tetrazole rings is 1. The lowest BCUT2D eigenvalue weighted by atomic mass is 9.84. The molecule has 0 spiro atoms. The third-order valence-electron chi connectivity index (χ3n) is 5.41. The second-order valence-electron chi connectivity index (χ2n) is 9.05. The van der Waals surface area contributed by atoms with Crippen LogP contribution in [0.5, 0.6) is 0 Å². The van der Waals surface area contributed by atoms with E-state index in [9.17, 15) is 9.00 Å². The first-order valence-corrected chi connectivity index (χ1v) is 11.9. The Balaban J connectivity index is 1.76. The second kappa shape index (κ2) is 9.40. The van der Waals surface area contributed by atoms with E-state index in [-0.39, 0.29) is 5.91 Å². The molecule has 1 amide bonds. The lowest BCUT2D eigenvalue weighted by Gasteiger charge is -2.37. The number of hydrogen-bond acceptors (Lipinski definition) is 6. The molecule has 1 heterocycles. The van der Waals surface area contributed by atoms with Gasteiger partial charge in [-0.3, -0.25) is 9.00 Å². The number of aromatic nitrogens is 4. The van der Waals surface area contributed by atoms with Crippen LogP contribution in [0.1, 0.15) is 57.5 Å². The van der Waals surface area contributed by atoms with Gasteiger partial charge in [0.05, 0.1) is 22.4 Å². The highest BCUT2D eigenvalue weighted by atomic mass is 32.2. The van der Waals surface area contributed by atoms with E-state index >= 15 is 0 Å². The highest BCUT2D eigenvalue weighted by Crippen LogP contribution is 2.38. The van der Waals surface area contributed by atoms with E-state index in [1.54, 1.807) is 0 Å². The van der Waals surface area contributed by atoms with Gasteiger partial charge in [0.15, 0.2) is 5.82 Å². The number of carbonyl (C=O) groups is 1. The van der Waals surface area contributed by atoms with Crippen LogP contribution in [0.4, 0.5) is 0 Å². The van der Waals surface area contributed by atoms with Gasteiger partial charge < -0.3 is 10.6 Å². The third kappa shape index (κ3) is 6.07. The molecule has 0 saturated heterocycles. The van der Waals surface area contributed by atoms with Gasteiger partial charge in [0, 0.05) is 22.7 Å². The molecule has 9 heteroatoms. The summed E-state index contributed by atoms with van der Waals surface area (Å²) in [4.78, 5) is 12.7. The Morgan fingerprint density at radius 3 is 2.58 bits per heavy atom. The Hall–Kier alpha value is -2.39. The van der Waals surface area contributed by atoms with Gasteiger partial charge >= 0.3 is 0 Å². The average Bonchev–Trinajstić information content (AvgIpc) is 3.43. The predicted octanol–water partition coefficient (Wildman–Crippen LogP) is 2.40. The summed E-state index contributed by atoms with van der Waals surface area (Å²) >= 11 is 0. The summed E-state index contributed by atoms with van der Waals surface area (Å²) in [5, 5.41) is 19.0. The van der Waals surface area contributed by atoms with Crippen molar-refractivity contribution in [3.63, 3.8) is 0 Å². The molecule has 1 saturated carbocycles. The van der Waals surface area contributed by atoms with Crippen molar-refractivity contribution in [3.8, 4) is 0 Å². The molecule has 0 aliphatic heterocycles. The fraction of sp³-hybridized carbons (Fsp3) is 0.545. The first-order valence-electron chi connectivity index (χ1n) is 10.6. The largest absolute Gasteiger partial charge is 0.348 e. The molecule has 1 aromatic heterocycles. The second-order valence-corrected chi connectivity index (χ2v) is 10.6. The van der Waals surface area contributed by atoms with Crippen LogP contribution in [0.15, 0.2) is 41.8 Å². The first kappa shape index (κ1) is 23.3. The van der Waals surface area contributed by atoms with Gasteiger partial charge in [-0.25, -0.2) is 4.68 Å². The molecule has 2 atom stereocenters. The molecular formula is C22H32N6O2S. The number of carbonyl (C=O) groups excluding carboxylic acids is 1. The molecule has 2 aromatic rings. The third-order valence-corrected chi connectivity index (χ3v) is 6.78. The number of amides is 1. The fourth-order valence-corrected chi connectivity index (χ4v) is 4.85. The Kier molecular flexibility index (Phi) is 7.06. The quantitative estimate of drug-likeness (QED) is 0.516. The van der Waals surface area contributed by atoms with E-state index in [1.165, 1.54) is 6.08 Å². The molecule has 3 rings (SSSR count). The van der Waals surface area contributed by atoms with Crippen molar-refractivity contribution in [1.29, 1.82) is 0 Å². The molecule has 0 radical (unpaired) electrons. The Bertz CT molecular complexity index is 951. The molecule has 0 bridgehead atoms. The maximum atomic E-state index is 12.7. The van der Waals surface area contributed by atoms with Crippen molar-refractivity contribution in [2.45, 2.75) is 69.0 Å². The summed E-state index contributed by atoms with van der Waals surface area (Å²) in [5.41, 5.74) is -0.0208. The number of aryl methyl sites for hydroxylation is 1. The zero-order chi connectivity index (χ0) is 22.6. The molecule has 31 heavy (non-hydrogen) atoms. The lowest BCUT2D eigenvalue weighted by Crippen LogP contribution is -2.53. The lowest BCUT2D eigenvalue weighted by molar-refractivity contribution is -0.118. The smallest absolute Gasteiger partial charge is 0.243 e. The summed E-state index contributed by atoms with van der Waals surface area (Å²) in [6, 6.07) is 8.08. The maximum Gasteiger partial charge on any atom is 0.243 e. The van der Waals surface area contributed by atoms with Crippen LogP contribution in [0.25, 0.3) is 0 Å². The molecule has 1 aromatic carbocycles. The van der Waals surface area contributed by atoms with Crippen LogP contribution in [-0.2, 0) is 21.1 Å². The summed E-state index contributed by atoms with van der Waals surface area (Å²) < 4.78 is 14.6. The molecule has 168 valence electrons. The minimum Gasteiger partial charge on any atom is -0.348 e. The Morgan fingerprint density at radius 1 is 1.29 bits per heavy atom. The summed E-state index contributed by atoms with van der Waals surface area (Å²) in [6.07, 6.45) is 3.93. The standard InChI is InChI=1S/C22H32N6O2S/c1-6-19(29)24-21(3,4)15-22(5,20-25-26-27-28(20)17-9-10-17)23-13-14-31(30)18-11-7-16(2)8-12-18/h6-8,11-12,17,23H,1,9-10,13-15H2,2-5H3,(H,24,29). The van der Waals surface area contributed by atoms with Gasteiger partial charge in [-0.2, -0.15) is 0 Å². The van der Waals surface area contributed by atoms with Crippen LogP contribution in [0.2, 0.25) is 0 Å². The van der Waals surface area contributed by atoms with E-state index in [2.05, 4.69) is 32.7 Å². The molecule has 2 unspecified atom stereocenters. The number of hydrogen-bond donors (Lipinski definition) is 2. The van der Waals surface area contributed by atoms with Gasteiger partial charge in [-0.15, -0.1) is 5.10 Å². The van der Waals surface area contributed by atoms with Crippen LogP contribution >= 0.6 is 0 Å². The van der Waals surface area contributed by atoms with Crippen molar-refractivity contribution >= 4 is 16.7 Å². The van der Waals surface area contributed by atoms with E-state index in [0.717, 1.165) is 29.1 Å². The van der Waals surface area contributed by atoms with Crippen LogP contribution < -0.4 is 10.6 Å². The van der Waals surface area contributed by atoms with Gasteiger partial charge in [-0.05, 0) is 75.6 Å². The van der Waals surface area contributed by atoms with Crippen molar-refractivity contribution < 1.29 is 9.00 Å². The van der Waals surface area contributed by atoms with Crippen molar-refractivity contribution in [2.75, 3.05) is 12.3 Å². The molecule has 1 fully saturated rings. The number of nitrogens with zero attached hydrogens (tertiary/aromatic N) is 4. The Labute approximate surface area is 186 Å². The SMILES string of the molecule is C=CC(=O)NC(C)(C)CC(C)(NCCS(=O)c1ccc(C)cc1)c1nnnn1C1CC1. The molecule has 8 nitrogen and oxygen atoms in total. The minimum atomic E-state index is -1.11. The van der Waals surface area contributed by atoms with Gasteiger partial charge in [0.2, 0.25) is 5.91 Å². The summed E-state index contributed by atoms with van der Waals surface area (Å²) in [7, 11) is -1.11. The molecule has 1 aliphatic carbocycles. The minimum absolute atomic E-state index is 0.227. The van der Waals surface area contributed by atoms with Gasteiger partial charge in [0.25, 0.3) is 0 Å². The highest BCUT2D eigenvalue weighted by molar-refractivity contribution is 7.85. The van der Waals surface area contributed by atoms with Crippen molar-refractivity contribution in [2.24, 2.45) is 0 Å². The molecule has 1 aliphatic rings. The number of rotatable bonds is 11. The Morgan fingerprint density at radius 2 is 1.97 bits per heavy atom. The highest BCUT2D eigenvalue weighted by Gasteiger charge is 2.41. The van der Waals surface area contributed by atoms with Gasteiger partial charge in [-0.1, -0.05) is 24.3 Å². The van der Waals surface area contributed by atoms with Crippen molar-refractivity contribution in [1.82, 2.24) is 30.8 Å². The molecular weight excluding hydrogens is 412 g/mol. The zero-order valence-corrected chi connectivity index (χ0v) is 19.5. The van der Waals surface area contributed by atoms with Gasteiger partial charge in [0.1, 0.15) is 0 Å². The summed E-state index contributed by atoms with van der Waals surface area (Å²) in [6.45, 7) is 12.0. The summed E-state index contributed by atoms with van der Waals surface area (Å²) in [5.74, 6) is 0.968. The first-order chi connectivity index (χ1) is 14.6. The van der Waals surface area contributed by atoms with E-state index in [1.807, 2.05) is 56.6 Å².